The monoisotopic (exact) mass is 173 g/mol. The molecule has 1 N–H and O–H groups in total. The van der Waals surface area contributed by atoms with Gasteiger partial charge in [0.05, 0.1) is 0 Å². The molecule has 2 heteroatoms. The molecule has 0 aromatic heterocycles. The van der Waals surface area contributed by atoms with E-state index in [2.05, 4.69) is 19.2 Å². The third-order valence-corrected chi connectivity index (χ3v) is 2.43. The van der Waals surface area contributed by atoms with E-state index in [1.807, 2.05) is 7.05 Å². The molecule has 0 aromatic carbocycles. The SMILES string of the molecule is CCCC(C)C(CCOC)NC. The minimum absolute atomic E-state index is 0.616. The van der Waals surface area contributed by atoms with Crippen LogP contribution in [0.25, 0.3) is 0 Å². The van der Waals surface area contributed by atoms with E-state index < -0.39 is 0 Å². The molecule has 0 aliphatic carbocycles. The van der Waals surface area contributed by atoms with Gasteiger partial charge in [-0.2, -0.15) is 0 Å². The number of ether oxygens (including phenoxy) is 1. The molecule has 2 nitrogen and oxygen atoms in total. The van der Waals surface area contributed by atoms with E-state index in [1.54, 1.807) is 7.11 Å². The lowest BCUT2D eigenvalue weighted by molar-refractivity contribution is 0.172. The number of methoxy groups -OCH3 is 1. The van der Waals surface area contributed by atoms with Crippen LogP contribution in [0.5, 0.6) is 0 Å². The zero-order chi connectivity index (χ0) is 9.40. The van der Waals surface area contributed by atoms with Crippen molar-refractivity contribution in [1.82, 2.24) is 5.32 Å². The molecule has 0 aromatic rings. The van der Waals surface area contributed by atoms with Gasteiger partial charge in [0.15, 0.2) is 0 Å². The van der Waals surface area contributed by atoms with Crippen LogP contribution in [0, 0.1) is 5.92 Å². The van der Waals surface area contributed by atoms with Crippen molar-refractivity contribution in [3.05, 3.63) is 0 Å². The fourth-order valence-corrected chi connectivity index (χ4v) is 1.61. The van der Waals surface area contributed by atoms with Crippen molar-refractivity contribution in [3.8, 4) is 0 Å². The molecule has 0 radical (unpaired) electrons. The second-order valence-electron chi connectivity index (χ2n) is 3.44. The Balaban J connectivity index is 3.62. The Bertz CT molecular complexity index is 95.8. The average molecular weight is 173 g/mol. The first kappa shape index (κ1) is 11.9. The summed E-state index contributed by atoms with van der Waals surface area (Å²) in [6.45, 7) is 5.40. The average Bonchev–Trinajstić information content (AvgIpc) is 2.06. The summed E-state index contributed by atoms with van der Waals surface area (Å²) >= 11 is 0. The molecule has 0 fully saturated rings. The van der Waals surface area contributed by atoms with Crippen molar-refractivity contribution in [2.75, 3.05) is 20.8 Å². The zero-order valence-corrected chi connectivity index (χ0v) is 8.89. The van der Waals surface area contributed by atoms with E-state index in [9.17, 15) is 0 Å². The molecule has 12 heavy (non-hydrogen) atoms. The number of hydrogen-bond donors (Lipinski definition) is 1. The topological polar surface area (TPSA) is 21.3 Å². The third kappa shape index (κ3) is 4.73. The van der Waals surface area contributed by atoms with Gasteiger partial charge >= 0.3 is 0 Å². The van der Waals surface area contributed by atoms with Crippen LogP contribution < -0.4 is 5.32 Å². The van der Waals surface area contributed by atoms with Gasteiger partial charge in [-0.05, 0) is 25.8 Å². The summed E-state index contributed by atoms with van der Waals surface area (Å²) in [5.74, 6) is 0.759. The van der Waals surface area contributed by atoms with Gasteiger partial charge in [-0.1, -0.05) is 20.3 Å². The van der Waals surface area contributed by atoms with Gasteiger partial charge in [0.1, 0.15) is 0 Å². The zero-order valence-electron chi connectivity index (χ0n) is 8.89. The maximum atomic E-state index is 5.06. The first-order chi connectivity index (χ1) is 5.76. The Hall–Kier alpha value is -0.0800. The Labute approximate surface area is 76.7 Å². The fraction of sp³-hybridized carbons (Fsp3) is 1.00. The van der Waals surface area contributed by atoms with Crippen LogP contribution in [0.3, 0.4) is 0 Å². The molecule has 0 rings (SSSR count). The van der Waals surface area contributed by atoms with Crippen molar-refractivity contribution in [2.24, 2.45) is 5.92 Å². The highest BCUT2D eigenvalue weighted by molar-refractivity contribution is 4.70. The molecule has 2 atom stereocenters. The third-order valence-electron chi connectivity index (χ3n) is 2.43. The van der Waals surface area contributed by atoms with Crippen LogP contribution in [0.2, 0.25) is 0 Å². The predicted octanol–water partition coefficient (Wildman–Crippen LogP) is 2.05. The first-order valence-corrected chi connectivity index (χ1v) is 4.92. The minimum Gasteiger partial charge on any atom is -0.385 e. The number of hydrogen-bond acceptors (Lipinski definition) is 2. The molecule has 0 saturated carbocycles. The highest BCUT2D eigenvalue weighted by Gasteiger charge is 2.13. The van der Waals surface area contributed by atoms with Crippen LogP contribution >= 0.6 is 0 Å². The van der Waals surface area contributed by atoms with Crippen LogP contribution in [0.15, 0.2) is 0 Å². The van der Waals surface area contributed by atoms with Gasteiger partial charge in [-0.3, -0.25) is 0 Å². The molecule has 0 aliphatic rings. The van der Waals surface area contributed by atoms with E-state index in [1.165, 1.54) is 12.8 Å². The van der Waals surface area contributed by atoms with Gasteiger partial charge in [0.25, 0.3) is 0 Å². The Morgan fingerprint density at radius 3 is 2.42 bits per heavy atom. The summed E-state index contributed by atoms with van der Waals surface area (Å²) < 4.78 is 5.06. The maximum absolute atomic E-state index is 5.06. The normalized spacial score (nSPS) is 16.0. The second kappa shape index (κ2) is 7.56. The highest BCUT2D eigenvalue weighted by Crippen LogP contribution is 2.12. The molecular formula is C10H23NO. The Kier molecular flexibility index (Phi) is 7.51. The van der Waals surface area contributed by atoms with Crippen molar-refractivity contribution >= 4 is 0 Å². The van der Waals surface area contributed by atoms with Crippen LogP contribution in [0.4, 0.5) is 0 Å². The summed E-state index contributed by atoms with van der Waals surface area (Å²) in [7, 11) is 3.80. The van der Waals surface area contributed by atoms with Gasteiger partial charge in [0, 0.05) is 19.8 Å². The van der Waals surface area contributed by atoms with Crippen LogP contribution in [-0.4, -0.2) is 26.8 Å². The second-order valence-corrected chi connectivity index (χ2v) is 3.44. The van der Waals surface area contributed by atoms with Crippen LogP contribution in [0.1, 0.15) is 33.1 Å². The summed E-state index contributed by atoms with van der Waals surface area (Å²) in [6.07, 6.45) is 3.69. The predicted molar refractivity (Wildman–Crippen MR) is 53.4 cm³/mol. The lowest BCUT2D eigenvalue weighted by Gasteiger charge is -2.22. The summed E-state index contributed by atoms with van der Waals surface area (Å²) in [6, 6.07) is 0.616. The molecule has 0 amide bonds. The Morgan fingerprint density at radius 2 is 2.00 bits per heavy atom. The molecule has 0 saturated heterocycles. The quantitative estimate of drug-likeness (QED) is 0.636. The summed E-state index contributed by atoms with van der Waals surface area (Å²) in [4.78, 5) is 0. The lowest BCUT2D eigenvalue weighted by atomic mass is 9.95. The molecule has 0 aliphatic heterocycles. The van der Waals surface area contributed by atoms with E-state index in [0.29, 0.717) is 6.04 Å². The Morgan fingerprint density at radius 1 is 1.33 bits per heavy atom. The number of rotatable bonds is 7. The summed E-state index contributed by atoms with van der Waals surface area (Å²) in [5, 5.41) is 3.34. The van der Waals surface area contributed by atoms with Gasteiger partial charge in [-0.15, -0.1) is 0 Å². The maximum Gasteiger partial charge on any atom is 0.0477 e. The van der Waals surface area contributed by atoms with Crippen molar-refractivity contribution < 1.29 is 4.74 Å². The van der Waals surface area contributed by atoms with E-state index >= 15 is 0 Å². The van der Waals surface area contributed by atoms with E-state index in [4.69, 9.17) is 4.74 Å². The molecule has 0 heterocycles. The largest absolute Gasteiger partial charge is 0.385 e. The molecular weight excluding hydrogens is 150 g/mol. The van der Waals surface area contributed by atoms with Gasteiger partial charge in [0.2, 0.25) is 0 Å². The van der Waals surface area contributed by atoms with Gasteiger partial charge in [-0.25, -0.2) is 0 Å². The van der Waals surface area contributed by atoms with Crippen molar-refractivity contribution in [3.63, 3.8) is 0 Å². The standard InChI is InChI=1S/C10H23NO/c1-5-6-9(2)10(11-3)7-8-12-4/h9-11H,5-8H2,1-4H3. The lowest BCUT2D eigenvalue weighted by Crippen LogP contribution is -2.33. The number of nitrogens with one attached hydrogen (secondary N) is 1. The highest BCUT2D eigenvalue weighted by atomic mass is 16.5. The van der Waals surface area contributed by atoms with Crippen molar-refractivity contribution in [2.45, 2.75) is 39.2 Å². The fourth-order valence-electron chi connectivity index (χ4n) is 1.61. The van der Waals surface area contributed by atoms with Crippen LogP contribution in [-0.2, 0) is 4.74 Å². The summed E-state index contributed by atoms with van der Waals surface area (Å²) in [5.41, 5.74) is 0. The molecule has 2 unspecified atom stereocenters. The van der Waals surface area contributed by atoms with Crippen molar-refractivity contribution in [1.29, 1.82) is 0 Å². The van der Waals surface area contributed by atoms with Gasteiger partial charge < -0.3 is 10.1 Å². The smallest absolute Gasteiger partial charge is 0.0477 e. The van der Waals surface area contributed by atoms with E-state index in [0.717, 1.165) is 18.9 Å². The molecule has 0 bridgehead atoms. The first-order valence-electron chi connectivity index (χ1n) is 4.92. The van der Waals surface area contributed by atoms with E-state index in [-0.39, 0.29) is 0 Å². The minimum atomic E-state index is 0.616. The molecule has 0 spiro atoms. The molecule has 74 valence electrons.